The number of rotatable bonds is 5. The Morgan fingerprint density at radius 2 is 1.46 bits per heavy atom. The van der Waals surface area contributed by atoms with Crippen LogP contribution in [0.4, 0.5) is 0 Å². The first-order valence-electron chi connectivity index (χ1n) is 9.38. The number of carboxylic acid groups (broad SMARTS) is 1. The van der Waals surface area contributed by atoms with E-state index in [9.17, 15) is 9.90 Å². The highest BCUT2D eigenvalue weighted by molar-refractivity contribution is 5.88. The van der Waals surface area contributed by atoms with Gasteiger partial charge >= 0.3 is 5.97 Å². The quantitative estimate of drug-likeness (QED) is 0.465. The Bertz CT molecular complexity index is 1110. The predicted molar refractivity (Wildman–Crippen MR) is 113 cm³/mol. The van der Waals surface area contributed by atoms with Crippen LogP contribution < -0.4 is 0 Å². The van der Waals surface area contributed by atoms with Crippen LogP contribution in [0.2, 0.25) is 0 Å². The minimum absolute atomic E-state index is 0.286. The fourth-order valence-electron chi connectivity index (χ4n) is 3.66. The first kappa shape index (κ1) is 17.8. The third kappa shape index (κ3) is 3.23. The number of carbonyl (C=O) groups is 1. The number of hydrogen-bond donors (Lipinski definition) is 1. The van der Waals surface area contributed by atoms with Crippen LogP contribution in [-0.4, -0.2) is 15.6 Å². The van der Waals surface area contributed by atoms with E-state index in [1.807, 2.05) is 42.5 Å². The van der Waals surface area contributed by atoms with Gasteiger partial charge in [0.05, 0.1) is 11.3 Å². The lowest BCUT2D eigenvalue weighted by Crippen LogP contribution is -2.04. The van der Waals surface area contributed by atoms with Crippen molar-refractivity contribution >= 4 is 5.97 Å². The number of nitrogens with zero attached hydrogens (tertiary/aromatic N) is 1. The van der Waals surface area contributed by atoms with Gasteiger partial charge in [0.2, 0.25) is 0 Å². The smallest absolute Gasteiger partial charge is 0.335 e. The molecule has 1 N–H and O–H groups in total. The second-order valence-electron chi connectivity index (χ2n) is 6.67. The van der Waals surface area contributed by atoms with Gasteiger partial charge in [-0.05, 0) is 41.8 Å². The molecule has 0 aliphatic carbocycles. The van der Waals surface area contributed by atoms with E-state index in [1.165, 1.54) is 5.56 Å². The number of aromatic nitrogens is 1. The Labute approximate surface area is 164 Å². The third-order valence-corrected chi connectivity index (χ3v) is 4.94. The molecule has 0 aliphatic heterocycles. The molecule has 28 heavy (non-hydrogen) atoms. The van der Waals surface area contributed by atoms with Gasteiger partial charge in [0.15, 0.2) is 0 Å². The molecule has 0 atom stereocenters. The number of carboxylic acids is 1. The van der Waals surface area contributed by atoms with Gasteiger partial charge in [-0.1, -0.05) is 73.7 Å². The lowest BCUT2D eigenvalue weighted by molar-refractivity contribution is 0.0697. The van der Waals surface area contributed by atoms with Crippen molar-refractivity contribution in [1.29, 1.82) is 0 Å². The van der Waals surface area contributed by atoms with E-state index >= 15 is 0 Å². The van der Waals surface area contributed by atoms with E-state index in [0.717, 1.165) is 34.6 Å². The van der Waals surface area contributed by atoms with Gasteiger partial charge in [-0.25, -0.2) is 4.79 Å². The summed E-state index contributed by atoms with van der Waals surface area (Å²) in [6.45, 7) is 2.13. The normalized spacial score (nSPS) is 10.8. The van der Waals surface area contributed by atoms with Crippen molar-refractivity contribution in [2.24, 2.45) is 0 Å². The van der Waals surface area contributed by atoms with Crippen LogP contribution in [0.15, 0.2) is 91.0 Å². The van der Waals surface area contributed by atoms with Crippen LogP contribution in [0, 0.1) is 0 Å². The van der Waals surface area contributed by atoms with E-state index in [4.69, 9.17) is 0 Å². The zero-order valence-corrected chi connectivity index (χ0v) is 15.7. The predicted octanol–water partition coefficient (Wildman–Crippen LogP) is 6.07. The summed E-state index contributed by atoms with van der Waals surface area (Å²) in [6, 6.07) is 29.9. The Balaban J connectivity index is 2.02. The van der Waals surface area contributed by atoms with Crippen molar-refractivity contribution in [1.82, 2.24) is 4.57 Å². The molecule has 0 saturated heterocycles. The average molecular weight is 367 g/mol. The Morgan fingerprint density at radius 3 is 2.07 bits per heavy atom. The minimum Gasteiger partial charge on any atom is -0.478 e. The van der Waals surface area contributed by atoms with Crippen LogP contribution in [0.3, 0.4) is 0 Å². The maximum Gasteiger partial charge on any atom is 0.335 e. The van der Waals surface area contributed by atoms with Crippen molar-refractivity contribution in [3.8, 4) is 28.1 Å². The summed E-state index contributed by atoms with van der Waals surface area (Å²) in [4.78, 5) is 11.5. The standard InChI is InChI=1S/C25H21NO2/c1-2-23-22(18-10-5-3-6-11-18)17-24(19-12-7-4-8-13-19)26(23)21-15-9-14-20(16-21)25(27)28/h3-17H,2H2,1H3,(H,27,28). The zero-order valence-electron chi connectivity index (χ0n) is 15.7. The summed E-state index contributed by atoms with van der Waals surface area (Å²) in [6.07, 6.45) is 0.828. The summed E-state index contributed by atoms with van der Waals surface area (Å²) in [5, 5.41) is 9.44. The molecule has 4 rings (SSSR count). The topological polar surface area (TPSA) is 42.2 Å². The molecule has 1 aromatic heterocycles. The molecule has 4 aromatic rings. The molecule has 1 heterocycles. The van der Waals surface area contributed by atoms with Crippen molar-refractivity contribution < 1.29 is 9.90 Å². The highest BCUT2D eigenvalue weighted by atomic mass is 16.4. The maximum absolute atomic E-state index is 11.5. The van der Waals surface area contributed by atoms with E-state index in [2.05, 4.69) is 41.8 Å². The van der Waals surface area contributed by atoms with Gasteiger partial charge in [-0.15, -0.1) is 0 Å². The van der Waals surface area contributed by atoms with Crippen LogP contribution in [0.5, 0.6) is 0 Å². The number of aromatic carboxylic acids is 1. The molecule has 0 radical (unpaired) electrons. The molecule has 3 nitrogen and oxygen atoms in total. The van der Waals surface area contributed by atoms with Crippen LogP contribution >= 0.6 is 0 Å². The van der Waals surface area contributed by atoms with Crippen molar-refractivity contribution in [3.05, 3.63) is 102 Å². The largest absolute Gasteiger partial charge is 0.478 e. The van der Waals surface area contributed by atoms with E-state index in [0.29, 0.717) is 0 Å². The molecule has 3 heteroatoms. The molecule has 0 spiro atoms. The van der Waals surface area contributed by atoms with Crippen molar-refractivity contribution in [2.75, 3.05) is 0 Å². The van der Waals surface area contributed by atoms with Crippen molar-refractivity contribution in [2.45, 2.75) is 13.3 Å². The fraction of sp³-hybridized carbons (Fsp3) is 0.0800. The Kier molecular flexibility index (Phi) is 4.81. The lowest BCUT2D eigenvalue weighted by Gasteiger charge is -2.15. The molecular weight excluding hydrogens is 346 g/mol. The van der Waals surface area contributed by atoms with Gasteiger partial charge in [-0.3, -0.25) is 0 Å². The number of benzene rings is 3. The molecule has 3 aromatic carbocycles. The molecular formula is C25H21NO2. The molecule has 0 amide bonds. The summed E-state index contributed by atoms with van der Waals surface area (Å²) in [5.41, 5.74) is 6.78. The fourth-order valence-corrected chi connectivity index (χ4v) is 3.66. The highest BCUT2D eigenvalue weighted by Crippen LogP contribution is 2.35. The minimum atomic E-state index is -0.920. The third-order valence-electron chi connectivity index (χ3n) is 4.94. The van der Waals surface area contributed by atoms with Crippen molar-refractivity contribution in [3.63, 3.8) is 0 Å². The Morgan fingerprint density at radius 1 is 0.821 bits per heavy atom. The van der Waals surface area contributed by atoms with E-state index < -0.39 is 5.97 Å². The SMILES string of the molecule is CCc1c(-c2ccccc2)cc(-c2ccccc2)n1-c1cccc(C(=O)O)c1. The monoisotopic (exact) mass is 367 g/mol. The Hall–Kier alpha value is -3.59. The highest BCUT2D eigenvalue weighted by Gasteiger charge is 2.18. The van der Waals surface area contributed by atoms with Gasteiger partial charge < -0.3 is 9.67 Å². The second kappa shape index (κ2) is 7.57. The molecule has 0 unspecified atom stereocenters. The molecule has 138 valence electrons. The van der Waals surface area contributed by atoms with Gasteiger partial charge in [0.25, 0.3) is 0 Å². The van der Waals surface area contributed by atoms with Gasteiger partial charge in [0, 0.05) is 16.9 Å². The summed E-state index contributed by atoms with van der Waals surface area (Å²) in [5.74, 6) is -0.920. The first-order chi connectivity index (χ1) is 13.7. The molecule has 0 fully saturated rings. The molecule has 0 aliphatic rings. The van der Waals surface area contributed by atoms with E-state index in [-0.39, 0.29) is 5.56 Å². The van der Waals surface area contributed by atoms with Crippen LogP contribution in [-0.2, 0) is 6.42 Å². The van der Waals surface area contributed by atoms with E-state index in [1.54, 1.807) is 18.2 Å². The first-order valence-corrected chi connectivity index (χ1v) is 9.38. The summed E-state index contributed by atoms with van der Waals surface area (Å²) < 4.78 is 2.18. The van der Waals surface area contributed by atoms with Crippen LogP contribution in [0.1, 0.15) is 23.0 Å². The average Bonchev–Trinajstić information content (AvgIpc) is 3.15. The second-order valence-corrected chi connectivity index (χ2v) is 6.67. The summed E-state index contributed by atoms with van der Waals surface area (Å²) >= 11 is 0. The zero-order chi connectivity index (χ0) is 19.5. The van der Waals surface area contributed by atoms with Crippen LogP contribution in [0.25, 0.3) is 28.1 Å². The lowest BCUT2D eigenvalue weighted by atomic mass is 10.0. The maximum atomic E-state index is 11.5. The van der Waals surface area contributed by atoms with Gasteiger partial charge in [-0.2, -0.15) is 0 Å². The van der Waals surface area contributed by atoms with Gasteiger partial charge in [0.1, 0.15) is 0 Å². The summed E-state index contributed by atoms with van der Waals surface area (Å²) in [7, 11) is 0. The molecule has 0 bridgehead atoms. The molecule has 0 saturated carbocycles. The number of hydrogen-bond acceptors (Lipinski definition) is 1.